The predicted molar refractivity (Wildman–Crippen MR) is 82.5 cm³/mol. The minimum atomic E-state index is -0.566. The summed E-state index contributed by atoms with van der Waals surface area (Å²) in [5.74, 6) is 0.151. The van der Waals surface area contributed by atoms with Crippen molar-refractivity contribution in [3.63, 3.8) is 0 Å². The number of para-hydroxylation sites is 1. The van der Waals surface area contributed by atoms with E-state index in [9.17, 15) is 9.59 Å². The molecule has 22 heavy (non-hydrogen) atoms. The van der Waals surface area contributed by atoms with Crippen LogP contribution in [0.4, 0.5) is 0 Å². The van der Waals surface area contributed by atoms with E-state index in [-0.39, 0.29) is 17.8 Å². The SMILES string of the molecule is CCOC(=O)[C@H]1CCCN(C(=O)[C@H](C)Oc2ccccc2)C1. The third kappa shape index (κ3) is 4.23. The molecule has 0 unspecified atom stereocenters. The Bertz CT molecular complexity index is 503. The van der Waals surface area contributed by atoms with Gasteiger partial charge in [-0.1, -0.05) is 18.2 Å². The molecule has 0 aromatic heterocycles. The Morgan fingerprint density at radius 1 is 1.32 bits per heavy atom. The van der Waals surface area contributed by atoms with Crippen molar-refractivity contribution in [3.05, 3.63) is 30.3 Å². The highest BCUT2D eigenvalue weighted by Crippen LogP contribution is 2.20. The molecule has 1 aliphatic heterocycles. The van der Waals surface area contributed by atoms with Crippen LogP contribution >= 0.6 is 0 Å². The number of hydrogen-bond acceptors (Lipinski definition) is 4. The highest BCUT2D eigenvalue weighted by molar-refractivity contribution is 5.82. The molecule has 1 fully saturated rings. The maximum atomic E-state index is 12.5. The maximum Gasteiger partial charge on any atom is 0.310 e. The largest absolute Gasteiger partial charge is 0.481 e. The molecule has 2 atom stereocenters. The summed E-state index contributed by atoms with van der Waals surface area (Å²) in [5, 5.41) is 0. The van der Waals surface area contributed by atoms with E-state index in [0.29, 0.717) is 25.4 Å². The summed E-state index contributed by atoms with van der Waals surface area (Å²) in [6.07, 6.45) is 1.02. The molecule has 1 amide bonds. The summed E-state index contributed by atoms with van der Waals surface area (Å²) in [6, 6.07) is 9.27. The molecule has 1 aliphatic rings. The minimum Gasteiger partial charge on any atom is -0.481 e. The van der Waals surface area contributed by atoms with Crippen LogP contribution in [0.3, 0.4) is 0 Å². The third-order valence-corrected chi connectivity index (χ3v) is 3.76. The molecule has 1 heterocycles. The summed E-state index contributed by atoms with van der Waals surface area (Å²) in [4.78, 5) is 26.0. The van der Waals surface area contributed by atoms with Crippen LogP contribution in [-0.4, -0.2) is 42.6 Å². The van der Waals surface area contributed by atoms with E-state index in [1.54, 1.807) is 18.7 Å². The van der Waals surface area contributed by atoms with Crippen LogP contribution in [0.25, 0.3) is 0 Å². The van der Waals surface area contributed by atoms with Gasteiger partial charge in [-0.2, -0.15) is 0 Å². The molecule has 0 bridgehead atoms. The van der Waals surface area contributed by atoms with Crippen LogP contribution in [-0.2, 0) is 14.3 Å². The van der Waals surface area contributed by atoms with Crippen LogP contribution in [0.1, 0.15) is 26.7 Å². The third-order valence-electron chi connectivity index (χ3n) is 3.76. The average Bonchev–Trinajstić information content (AvgIpc) is 2.55. The monoisotopic (exact) mass is 305 g/mol. The zero-order valence-electron chi connectivity index (χ0n) is 13.2. The fraction of sp³-hybridized carbons (Fsp3) is 0.529. The van der Waals surface area contributed by atoms with Crippen molar-refractivity contribution >= 4 is 11.9 Å². The summed E-state index contributed by atoms with van der Waals surface area (Å²) in [7, 11) is 0. The molecule has 0 spiro atoms. The van der Waals surface area contributed by atoms with E-state index >= 15 is 0 Å². The fourth-order valence-corrected chi connectivity index (χ4v) is 2.64. The average molecular weight is 305 g/mol. The molecule has 0 N–H and O–H groups in total. The lowest BCUT2D eigenvalue weighted by Gasteiger charge is -2.33. The van der Waals surface area contributed by atoms with E-state index < -0.39 is 6.10 Å². The molecule has 1 aromatic rings. The number of esters is 1. The Labute approximate surface area is 131 Å². The van der Waals surface area contributed by atoms with Crippen molar-refractivity contribution in [1.82, 2.24) is 4.90 Å². The summed E-state index contributed by atoms with van der Waals surface area (Å²) in [6.45, 7) is 4.98. The van der Waals surface area contributed by atoms with E-state index in [1.165, 1.54) is 0 Å². The van der Waals surface area contributed by atoms with Crippen LogP contribution in [0.5, 0.6) is 5.75 Å². The standard InChI is InChI=1S/C17H23NO4/c1-3-21-17(20)14-8-7-11-18(12-14)16(19)13(2)22-15-9-5-4-6-10-15/h4-6,9-10,13-14H,3,7-8,11-12H2,1-2H3/t13-,14-/m0/s1. The predicted octanol–water partition coefficient (Wildman–Crippen LogP) is 2.26. The van der Waals surface area contributed by atoms with Gasteiger partial charge in [0.25, 0.3) is 5.91 Å². The molecule has 0 saturated carbocycles. The number of benzene rings is 1. The van der Waals surface area contributed by atoms with Gasteiger partial charge in [0.15, 0.2) is 6.10 Å². The highest BCUT2D eigenvalue weighted by Gasteiger charge is 2.31. The van der Waals surface area contributed by atoms with Crippen LogP contribution < -0.4 is 4.74 Å². The number of hydrogen-bond donors (Lipinski definition) is 0. The van der Waals surface area contributed by atoms with E-state index in [1.807, 2.05) is 30.3 Å². The molecular formula is C17H23NO4. The van der Waals surface area contributed by atoms with E-state index in [4.69, 9.17) is 9.47 Å². The first-order chi connectivity index (χ1) is 10.6. The summed E-state index contributed by atoms with van der Waals surface area (Å²) < 4.78 is 10.7. The van der Waals surface area contributed by atoms with Gasteiger partial charge in [0.2, 0.25) is 0 Å². The van der Waals surface area contributed by atoms with Gasteiger partial charge in [-0.15, -0.1) is 0 Å². The Morgan fingerprint density at radius 2 is 2.05 bits per heavy atom. The van der Waals surface area contributed by atoms with Gasteiger partial charge >= 0.3 is 5.97 Å². The molecule has 1 aromatic carbocycles. The van der Waals surface area contributed by atoms with Crippen molar-refractivity contribution < 1.29 is 19.1 Å². The molecule has 0 aliphatic carbocycles. The lowest BCUT2D eigenvalue weighted by atomic mass is 9.98. The Kier molecular flexibility index (Phi) is 5.81. The summed E-state index contributed by atoms with van der Waals surface area (Å²) >= 11 is 0. The van der Waals surface area contributed by atoms with Gasteiger partial charge < -0.3 is 14.4 Å². The van der Waals surface area contributed by atoms with Crippen molar-refractivity contribution in [2.75, 3.05) is 19.7 Å². The molecule has 5 nitrogen and oxygen atoms in total. The molecule has 2 rings (SSSR count). The molecule has 0 radical (unpaired) electrons. The second-order valence-electron chi connectivity index (χ2n) is 5.45. The number of carbonyl (C=O) groups excluding carboxylic acids is 2. The molecular weight excluding hydrogens is 282 g/mol. The van der Waals surface area contributed by atoms with E-state index in [0.717, 1.165) is 12.8 Å². The Hall–Kier alpha value is -2.04. The Balaban J connectivity index is 1.92. The number of carbonyl (C=O) groups is 2. The quantitative estimate of drug-likeness (QED) is 0.783. The van der Waals surface area contributed by atoms with Gasteiger partial charge in [-0.3, -0.25) is 9.59 Å². The minimum absolute atomic E-state index is 0.0853. The van der Waals surface area contributed by atoms with Crippen molar-refractivity contribution in [1.29, 1.82) is 0 Å². The lowest BCUT2D eigenvalue weighted by molar-refractivity contribution is -0.152. The van der Waals surface area contributed by atoms with Crippen molar-refractivity contribution in [3.8, 4) is 5.75 Å². The van der Waals surface area contributed by atoms with Crippen molar-refractivity contribution in [2.24, 2.45) is 5.92 Å². The summed E-state index contributed by atoms with van der Waals surface area (Å²) in [5.41, 5.74) is 0. The number of rotatable bonds is 5. The number of nitrogens with zero attached hydrogens (tertiary/aromatic N) is 1. The maximum absolute atomic E-state index is 12.5. The molecule has 120 valence electrons. The fourth-order valence-electron chi connectivity index (χ4n) is 2.64. The Morgan fingerprint density at radius 3 is 2.73 bits per heavy atom. The van der Waals surface area contributed by atoms with Gasteiger partial charge in [0, 0.05) is 13.1 Å². The number of piperidine rings is 1. The van der Waals surface area contributed by atoms with Crippen LogP contribution in [0.15, 0.2) is 30.3 Å². The topological polar surface area (TPSA) is 55.8 Å². The molecule has 5 heteroatoms. The second-order valence-corrected chi connectivity index (χ2v) is 5.45. The number of ether oxygens (including phenoxy) is 2. The van der Waals surface area contributed by atoms with Crippen LogP contribution in [0, 0.1) is 5.92 Å². The van der Waals surface area contributed by atoms with E-state index in [2.05, 4.69) is 0 Å². The van der Waals surface area contributed by atoms with Gasteiger partial charge in [-0.25, -0.2) is 0 Å². The molecule has 1 saturated heterocycles. The first-order valence-electron chi connectivity index (χ1n) is 7.79. The number of amides is 1. The van der Waals surface area contributed by atoms with Crippen LogP contribution in [0.2, 0.25) is 0 Å². The second kappa shape index (κ2) is 7.82. The normalized spacial score (nSPS) is 19.4. The highest BCUT2D eigenvalue weighted by atomic mass is 16.5. The van der Waals surface area contributed by atoms with Crippen molar-refractivity contribution in [2.45, 2.75) is 32.8 Å². The first-order valence-corrected chi connectivity index (χ1v) is 7.79. The number of likely N-dealkylation sites (tertiary alicyclic amines) is 1. The zero-order chi connectivity index (χ0) is 15.9. The van der Waals surface area contributed by atoms with Gasteiger partial charge in [-0.05, 0) is 38.8 Å². The smallest absolute Gasteiger partial charge is 0.310 e. The zero-order valence-corrected chi connectivity index (χ0v) is 13.2. The first kappa shape index (κ1) is 16.3. The van der Waals surface area contributed by atoms with Gasteiger partial charge in [0.05, 0.1) is 12.5 Å². The lowest BCUT2D eigenvalue weighted by Crippen LogP contribution is -2.47. The van der Waals surface area contributed by atoms with Gasteiger partial charge in [0.1, 0.15) is 5.75 Å².